The zero-order valence-electron chi connectivity index (χ0n) is 17.1. The van der Waals surface area contributed by atoms with E-state index in [1.807, 2.05) is 6.07 Å². The van der Waals surface area contributed by atoms with E-state index in [2.05, 4.69) is 15.4 Å². The third-order valence-corrected chi connectivity index (χ3v) is 4.95. The molecule has 0 spiro atoms. The molecular weight excluding hydrogens is 431 g/mol. The van der Waals surface area contributed by atoms with Crippen molar-refractivity contribution in [1.82, 2.24) is 19.2 Å². The van der Waals surface area contributed by atoms with Crippen LogP contribution < -0.4 is 16.6 Å². The number of nitrogen functional groups attached to an aromatic ring is 1. The smallest absolute Gasteiger partial charge is 0.376 e. The van der Waals surface area contributed by atoms with Gasteiger partial charge in [0.15, 0.2) is 0 Å². The van der Waals surface area contributed by atoms with Crippen molar-refractivity contribution in [3.63, 3.8) is 0 Å². The molecule has 1 aromatic carbocycles. The number of pyridine rings is 1. The number of hydrogen-bond acceptors (Lipinski definition) is 8. The van der Waals surface area contributed by atoms with Crippen LogP contribution in [-0.4, -0.2) is 30.6 Å². The summed E-state index contributed by atoms with van der Waals surface area (Å²) in [6.45, 7) is 0.227. The molecule has 3 N–H and O–H groups in total. The molecule has 0 aliphatic carbocycles. The molecule has 11 nitrogen and oxygen atoms in total. The van der Waals surface area contributed by atoms with E-state index in [0.717, 1.165) is 4.40 Å². The number of nitrogens with zero attached hydrogens (tertiary/aromatic N) is 6. The van der Waals surface area contributed by atoms with Crippen LogP contribution in [0.2, 0.25) is 0 Å². The van der Waals surface area contributed by atoms with Gasteiger partial charge in [0.05, 0.1) is 16.3 Å². The molecule has 3 heterocycles. The number of rotatable bonds is 7. The lowest BCUT2D eigenvalue weighted by atomic mass is 10.1. The molecule has 0 saturated carbocycles. The van der Waals surface area contributed by atoms with Gasteiger partial charge in [0.25, 0.3) is 0 Å². The van der Waals surface area contributed by atoms with Gasteiger partial charge in [-0.1, -0.05) is 6.07 Å². The molecule has 0 fully saturated rings. The van der Waals surface area contributed by atoms with Gasteiger partial charge < -0.3 is 11.1 Å². The number of nitro groups is 1. The van der Waals surface area contributed by atoms with Gasteiger partial charge in [-0.2, -0.15) is 10.4 Å². The normalized spacial score (nSPS) is 10.8. The highest BCUT2D eigenvalue weighted by molar-refractivity contribution is 5.60. The summed E-state index contributed by atoms with van der Waals surface area (Å²) in [6, 6.07) is 12.4. The molecule has 0 radical (unpaired) electrons. The van der Waals surface area contributed by atoms with Crippen molar-refractivity contribution in [2.45, 2.75) is 12.8 Å². The standard InChI is InChI=1S/C21H17FN8O3/c22-13-6-8-14(9-7-13)29-19(24)15(12-23)16(27-29)4-3-10-25-20-18(30(32)33)21(31)28-11-2-1-5-17(28)26-20/h1-2,5-9,11,25H,3-4,10,24H2. The Bertz CT molecular complexity index is 1450. The maximum absolute atomic E-state index is 13.2. The molecule has 0 saturated heterocycles. The zero-order valence-corrected chi connectivity index (χ0v) is 17.1. The number of fused-ring (bicyclic) bond motifs is 1. The molecule has 0 amide bonds. The molecule has 0 aliphatic heterocycles. The Morgan fingerprint density at radius 1 is 1.24 bits per heavy atom. The summed E-state index contributed by atoms with van der Waals surface area (Å²) >= 11 is 0. The second-order valence-electron chi connectivity index (χ2n) is 7.04. The molecule has 4 rings (SSSR count). The highest BCUT2D eigenvalue weighted by Crippen LogP contribution is 2.22. The fourth-order valence-corrected chi connectivity index (χ4v) is 3.38. The number of benzene rings is 1. The third-order valence-electron chi connectivity index (χ3n) is 4.95. The second-order valence-corrected chi connectivity index (χ2v) is 7.04. The topological polar surface area (TPSA) is 157 Å². The molecule has 0 aliphatic rings. The predicted octanol–water partition coefficient (Wildman–Crippen LogP) is 2.43. The Morgan fingerprint density at radius 2 is 2.00 bits per heavy atom. The molecule has 166 valence electrons. The van der Waals surface area contributed by atoms with E-state index in [1.54, 1.807) is 18.2 Å². The van der Waals surface area contributed by atoms with Crippen LogP contribution in [0.25, 0.3) is 11.3 Å². The first-order chi connectivity index (χ1) is 15.9. The number of nitriles is 1. The van der Waals surface area contributed by atoms with Gasteiger partial charge in [-0.05, 0) is 49.2 Å². The molecular formula is C21H17FN8O3. The van der Waals surface area contributed by atoms with Gasteiger partial charge in [0.1, 0.15) is 28.9 Å². The quantitative estimate of drug-likeness (QED) is 0.248. The van der Waals surface area contributed by atoms with Crippen molar-refractivity contribution < 1.29 is 9.31 Å². The fourth-order valence-electron chi connectivity index (χ4n) is 3.38. The largest absolute Gasteiger partial charge is 0.382 e. The third kappa shape index (κ3) is 4.07. The van der Waals surface area contributed by atoms with Gasteiger partial charge in [0.2, 0.25) is 5.82 Å². The first-order valence-electron chi connectivity index (χ1n) is 9.83. The van der Waals surface area contributed by atoms with Crippen LogP contribution >= 0.6 is 0 Å². The molecule has 0 atom stereocenters. The van der Waals surface area contributed by atoms with Crippen molar-refractivity contribution in [2.24, 2.45) is 0 Å². The number of nitrogens with two attached hydrogens (primary N) is 1. The zero-order chi connectivity index (χ0) is 23.5. The fraction of sp³-hybridized carbons (Fsp3) is 0.143. The van der Waals surface area contributed by atoms with E-state index in [-0.39, 0.29) is 29.4 Å². The van der Waals surface area contributed by atoms with Gasteiger partial charge in [-0.25, -0.2) is 14.1 Å². The van der Waals surface area contributed by atoms with E-state index in [4.69, 9.17) is 5.73 Å². The van der Waals surface area contributed by atoms with E-state index in [0.29, 0.717) is 24.2 Å². The Labute approximate surface area is 185 Å². The SMILES string of the molecule is N#Cc1c(CCCNc2nc3ccccn3c(=O)c2[N+](=O)[O-])nn(-c2ccc(F)cc2)c1N. The van der Waals surface area contributed by atoms with E-state index in [1.165, 1.54) is 35.1 Å². The number of hydrogen-bond donors (Lipinski definition) is 2. The summed E-state index contributed by atoms with van der Waals surface area (Å²) in [5.41, 5.74) is 6.02. The van der Waals surface area contributed by atoms with Gasteiger partial charge in [-0.3, -0.25) is 19.3 Å². The maximum atomic E-state index is 13.2. The number of aryl methyl sites for hydroxylation is 1. The maximum Gasteiger partial charge on any atom is 0.376 e. The van der Waals surface area contributed by atoms with Crippen LogP contribution in [0.3, 0.4) is 0 Å². The van der Waals surface area contributed by atoms with Gasteiger partial charge >= 0.3 is 11.2 Å². The van der Waals surface area contributed by atoms with Crippen LogP contribution in [0.15, 0.2) is 53.5 Å². The lowest BCUT2D eigenvalue weighted by molar-refractivity contribution is -0.385. The van der Waals surface area contributed by atoms with Crippen LogP contribution in [0.1, 0.15) is 17.7 Å². The van der Waals surface area contributed by atoms with E-state index >= 15 is 0 Å². The molecule has 3 aromatic heterocycles. The van der Waals surface area contributed by atoms with Crippen molar-refractivity contribution >= 4 is 23.0 Å². The lowest BCUT2D eigenvalue weighted by Gasteiger charge is -2.07. The average Bonchev–Trinajstić information content (AvgIpc) is 3.12. The Hall–Kier alpha value is -4.79. The van der Waals surface area contributed by atoms with Crippen molar-refractivity contribution in [1.29, 1.82) is 5.26 Å². The highest BCUT2D eigenvalue weighted by Gasteiger charge is 2.23. The Balaban J connectivity index is 1.52. The summed E-state index contributed by atoms with van der Waals surface area (Å²) in [5, 5.41) is 28.1. The van der Waals surface area contributed by atoms with E-state index < -0.39 is 22.0 Å². The lowest BCUT2D eigenvalue weighted by Crippen LogP contribution is -2.21. The van der Waals surface area contributed by atoms with Gasteiger partial charge in [-0.15, -0.1) is 0 Å². The number of anilines is 2. The van der Waals surface area contributed by atoms with Gasteiger partial charge in [0, 0.05) is 12.7 Å². The predicted molar refractivity (Wildman–Crippen MR) is 118 cm³/mol. The first-order valence-corrected chi connectivity index (χ1v) is 9.83. The number of halogens is 1. The average molecular weight is 448 g/mol. The van der Waals surface area contributed by atoms with Crippen molar-refractivity contribution in [2.75, 3.05) is 17.6 Å². The Kier molecular flexibility index (Phi) is 5.69. The molecule has 0 bridgehead atoms. The Morgan fingerprint density at radius 3 is 2.70 bits per heavy atom. The monoisotopic (exact) mass is 448 g/mol. The summed E-state index contributed by atoms with van der Waals surface area (Å²) in [6.07, 6.45) is 2.16. The van der Waals surface area contributed by atoms with Crippen LogP contribution in [-0.2, 0) is 6.42 Å². The summed E-state index contributed by atoms with van der Waals surface area (Å²) in [4.78, 5) is 27.3. The molecule has 4 aromatic rings. The van der Waals surface area contributed by atoms with Crippen LogP contribution in [0, 0.1) is 27.3 Å². The molecule has 12 heteroatoms. The van der Waals surface area contributed by atoms with Crippen LogP contribution in [0.5, 0.6) is 0 Å². The second kappa shape index (κ2) is 8.75. The highest BCUT2D eigenvalue weighted by atomic mass is 19.1. The number of aromatic nitrogens is 4. The van der Waals surface area contributed by atoms with Crippen LogP contribution in [0.4, 0.5) is 21.7 Å². The minimum Gasteiger partial charge on any atom is -0.382 e. The number of nitrogens with one attached hydrogen (secondary N) is 1. The first kappa shape index (κ1) is 21.4. The summed E-state index contributed by atoms with van der Waals surface area (Å²) in [7, 11) is 0. The molecule has 33 heavy (non-hydrogen) atoms. The summed E-state index contributed by atoms with van der Waals surface area (Å²) < 4.78 is 15.7. The van der Waals surface area contributed by atoms with Crippen molar-refractivity contribution in [3.8, 4) is 11.8 Å². The van der Waals surface area contributed by atoms with E-state index in [9.17, 15) is 24.6 Å². The van der Waals surface area contributed by atoms with Crippen molar-refractivity contribution in [3.05, 3.63) is 86.2 Å². The molecule has 0 unspecified atom stereocenters. The summed E-state index contributed by atoms with van der Waals surface area (Å²) in [5.74, 6) is -0.410. The minimum atomic E-state index is -0.786. The minimum absolute atomic E-state index is 0.131.